The molecule has 0 bridgehead atoms. The smallest absolute Gasteiger partial charge is 0.254 e. The Labute approximate surface area is 163 Å². The van der Waals surface area contributed by atoms with E-state index in [9.17, 15) is 4.79 Å². The average molecular weight is 380 g/mol. The van der Waals surface area contributed by atoms with Gasteiger partial charge in [-0.25, -0.2) is 9.97 Å². The van der Waals surface area contributed by atoms with E-state index in [0.717, 1.165) is 55.2 Å². The lowest BCUT2D eigenvalue weighted by Gasteiger charge is -2.32. The molecule has 1 amide bonds. The van der Waals surface area contributed by atoms with Gasteiger partial charge >= 0.3 is 0 Å². The topological polar surface area (TPSA) is 114 Å². The van der Waals surface area contributed by atoms with Crippen molar-refractivity contribution in [3.8, 4) is 0 Å². The minimum atomic E-state index is -0.205. The van der Waals surface area contributed by atoms with Crippen LogP contribution in [0.4, 0.5) is 11.6 Å². The lowest BCUT2D eigenvalue weighted by atomic mass is 9.96. The summed E-state index contributed by atoms with van der Waals surface area (Å²) in [7, 11) is 0. The zero-order chi connectivity index (χ0) is 19.5. The number of aryl methyl sites for hydroxylation is 1. The second kappa shape index (κ2) is 7.79. The summed E-state index contributed by atoms with van der Waals surface area (Å²) in [5.74, 6) is 2.14. The summed E-state index contributed by atoms with van der Waals surface area (Å²) >= 11 is 0. The van der Waals surface area contributed by atoms with Crippen LogP contribution in [-0.4, -0.2) is 43.6 Å². The highest BCUT2D eigenvalue weighted by atomic mass is 16.1. The van der Waals surface area contributed by atoms with Crippen LogP contribution in [0.2, 0.25) is 0 Å². The maximum atomic E-state index is 11.4. The Kier molecular flexibility index (Phi) is 5.05. The quantitative estimate of drug-likeness (QED) is 0.664. The number of aromatic nitrogens is 5. The molecule has 0 aliphatic carbocycles. The number of nitrogens with one attached hydrogen (secondary N) is 1. The highest BCUT2D eigenvalue weighted by Gasteiger charge is 2.25. The molecule has 3 aromatic rings. The van der Waals surface area contributed by atoms with Gasteiger partial charge < -0.3 is 16.0 Å². The van der Waals surface area contributed by atoms with E-state index in [4.69, 9.17) is 5.73 Å². The number of hydrogen-bond donors (Lipinski definition) is 2. The fourth-order valence-electron chi connectivity index (χ4n) is 3.58. The summed E-state index contributed by atoms with van der Waals surface area (Å²) in [5.41, 5.74) is 7.50. The standard InChI is InChI=1S/C19H24N8O/c1-2-15-10-16(27-19(25-15)23-12-24-27)22-11-14-4-3-7-21-18(14)26-8-5-13(6-9-26)17(20)28/h3-4,7,10,12-13,22H,2,5-6,8-9,11H2,1H3,(H2,20,28). The van der Waals surface area contributed by atoms with Crippen LogP contribution in [0.25, 0.3) is 5.78 Å². The average Bonchev–Trinajstić information content (AvgIpc) is 3.21. The molecule has 4 rings (SSSR count). The van der Waals surface area contributed by atoms with E-state index in [1.165, 1.54) is 6.33 Å². The van der Waals surface area contributed by atoms with E-state index >= 15 is 0 Å². The molecular formula is C19H24N8O. The van der Waals surface area contributed by atoms with Crippen LogP contribution in [0.5, 0.6) is 0 Å². The first-order chi connectivity index (χ1) is 13.7. The molecule has 28 heavy (non-hydrogen) atoms. The Hall–Kier alpha value is -3.23. The highest BCUT2D eigenvalue weighted by molar-refractivity contribution is 5.77. The van der Waals surface area contributed by atoms with E-state index in [1.807, 2.05) is 12.1 Å². The van der Waals surface area contributed by atoms with Crippen LogP contribution >= 0.6 is 0 Å². The number of nitrogens with zero attached hydrogens (tertiary/aromatic N) is 6. The Morgan fingerprint density at radius 1 is 1.32 bits per heavy atom. The number of hydrogen-bond acceptors (Lipinski definition) is 7. The van der Waals surface area contributed by atoms with Crippen molar-refractivity contribution in [1.82, 2.24) is 24.6 Å². The minimum Gasteiger partial charge on any atom is -0.369 e. The first-order valence-corrected chi connectivity index (χ1v) is 9.57. The van der Waals surface area contributed by atoms with E-state index in [2.05, 4.69) is 43.3 Å². The van der Waals surface area contributed by atoms with Crippen LogP contribution in [0, 0.1) is 5.92 Å². The van der Waals surface area contributed by atoms with Crippen molar-refractivity contribution < 1.29 is 4.79 Å². The molecule has 0 aromatic carbocycles. The number of carbonyl (C=O) groups is 1. The molecule has 0 spiro atoms. The molecule has 9 heteroatoms. The van der Waals surface area contributed by atoms with Crippen LogP contribution < -0.4 is 16.0 Å². The predicted octanol–water partition coefficient (Wildman–Crippen LogP) is 1.40. The number of fused-ring (bicyclic) bond motifs is 1. The van der Waals surface area contributed by atoms with E-state index in [-0.39, 0.29) is 11.8 Å². The fraction of sp³-hybridized carbons (Fsp3) is 0.421. The van der Waals surface area contributed by atoms with Gasteiger partial charge in [-0.2, -0.15) is 14.6 Å². The maximum Gasteiger partial charge on any atom is 0.254 e. The van der Waals surface area contributed by atoms with Gasteiger partial charge in [0.15, 0.2) is 0 Å². The Bertz CT molecular complexity index is 977. The van der Waals surface area contributed by atoms with Crippen molar-refractivity contribution in [3.63, 3.8) is 0 Å². The molecular weight excluding hydrogens is 356 g/mol. The molecule has 4 heterocycles. The van der Waals surface area contributed by atoms with Gasteiger partial charge in [0.1, 0.15) is 18.0 Å². The number of piperidine rings is 1. The van der Waals surface area contributed by atoms with Crippen LogP contribution in [-0.2, 0) is 17.8 Å². The van der Waals surface area contributed by atoms with Crippen molar-refractivity contribution in [2.75, 3.05) is 23.3 Å². The molecule has 3 aromatic heterocycles. The largest absolute Gasteiger partial charge is 0.369 e. The Balaban J connectivity index is 1.52. The molecule has 1 saturated heterocycles. The van der Waals surface area contributed by atoms with E-state index in [0.29, 0.717) is 12.3 Å². The third-order valence-electron chi connectivity index (χ3n) is 5.19. The summed E-state index contributed by atoms with van der Waals surface area (Å²) in [6.07, 6.45) is 5.66. The molecule has 0 saturated carbocycles. The maximum absolute atomic E-state index is 11.4. The summed E-state index contributed by atoms with van der Waals surface area (Å²) in [4.78, 5) is 26.9. The van der Waals surface area contributed by atoms with Crippen LogP contribution in [0.3, 0.4) is 0 Å². The minimum absolute atomic E-state index is 0.0357. The van der Waals surface area contributed by atoms with E-state index in [1.54, 1.807) is 10.7 Å². The third-order valence-corrected chi connectivity index (χ3v) is 5.19. The summed E-state index contributed by atoms with van der Waals surface area (Å²) in [5, 5.41) is 7.71. The Morgan fingerprint density at radius 3 is 2.89 bits per heavy atom. The van der Waals surface area contributed by atoms with Gasteiger partial charge in [-0.1, -0.05) is 13.0 Å². The van der Waals surface area contributed by atoms with Crippen molar-refractivity contribution in [2.24, 2.45) is 11.7 Å². The Morgan fingerprint density at radius 2 is 2.14 bits per heavy atom. The molecule has 1 aliphatic heterocycles. The first-order valence-electron chi connectivity index (χ1n) is 9.57. The second-order valence-electron chi connectivity index (χ2n) is 6.96. The van der Waals surface area contributed by atoms with Gasteiger partial charge in [-0.3, -0.25) is 4.79 Å². The predicted molar refractivity (Wildman–Crippen MR) is 106 cm³/mol. The molecule has 1 aliphatic rings. The number of primary amides is 1. The highest BCUT2D eigenvalue weighted by Crippen LogP contribution is 2.25. The summed E-state index contributed by atoms with van der Waals surface area (Å²) < 4.78 is 1.70. The third kappa shape index (κ3) is 3.60. The number of carbonyl (C=O) groups excluding carboxylic acids is 1. The molecule has 1 fully saturated rings. The van der Waals surface area contributed by atoms with Gasteiger partial charge in [-0.05, 0) is 25.3 Å². The molecule has 3 N–H and O–H groups in total. The van der Waals surface area contributed by atoms with Crippen molar-refractivity contribution in [1.29, 1.82) is 0 Å². The van der Waals surface area contributed by atoms with E-state index < -0.39 is 0 Å². The monoisotopic (exact) mass is 380 g/mol. The number of nitrogens with two attached hydrogens (primary N) is 1. The van der Waals surface area contributed by atoms with Gasteiger partial charge in [-0.15, -0.1) is 0 Å². The fourth-order valence-corrected chi connectivity index (χ4v) is 3.58. The van der Waals surface area contributed by atoms with Crippen LogP contribution in [0.1, 0.15) is 31.0 Å². The van der Waals surface area contributed by atoms with Crippen molar-refractivity contribution >= 4 is 23.3 Å². The molecule has 0 atom stereocenters. The first kappa shape index (κ1) is 18.1. The number of amides is 1. The zero-order valence-electron chi connectivity index (χ0n) is 15.9. The van der Waals surface area contributed by atoms with Crippen molar-refractivity contribution in [2.45, 2.75) is 32.7 Å². The van der Waals surface area contributed by atoms with Crippen molar-refractivity contribution in [3.05, 3.63) is 42.0 Å². The lowest BCUT2D eigenvalue weighted by molar-refractivity contribution is -0.122. The SMILES string of the molecule is CCc1cc(NCc2cccnc2N2CCC(C(N)=O)CC2)n2ncnc2n1. The zero-order valence-corrected chi connectivity index (χ0v) is 15.9. The van der Waals surface area contributed by atoms with Gasteiger partial charge in [0.2, 0.25) is 5.91 Å². The molecule has 0 unspecified atom stereocenters. The number of pyridine rings is 1. The normalized spacial score (nSPS) is 15.1. The molecule has 146 valence electrons. The van der Waals surface area contributed by atoms with Crippen LogP contribution in [0.15, 0.2) is 30.7 Å². The lowest BCUT2D eigenvalue weighted by Crippen LogP contribution is -2.39. The molecule has 9 nitrogen and oxygen atoms in total. The number of anilines is 2. The second-order valence-corrected chi connectivity index (χ2v) is 6.96. The van der Waals surface area contributed by atoms with Gasteiger partial charge in [0.05, 0.1) is 0 Å². The number of rotatable bonds is 6. The summed E-state index contributed by atoms with van der Waals surface area (Å²) in [6, 6.07) is 6.00. The summed E-state index contributed by atoms with van der Waals surface area (Å²) in [6.45, 7) is 4.22. The molecule has 0 radical (unpaired) electrons. The van der Waals surface area contributed by atoms with Gasteiger partial charge in [0, 0.05) is 49.1 Å². The van der Waals surface area contributed by atoms with Gasteiger partial charge in [0.25, 0.3) is 5.78 Å².